The van der Waals surface area contributed by atoms with Crippen LogP contribution >= 0.6 is 23.2 Å². The lowest BCUT2D eigenvalue weighted by Crippen LogP contribution is -2.17. The molecule has 0 atom stereocenters. The fourth-order valence-corrected chi connectivity index (χ4v) is 2.58. The molecule has 2 aromatic rings. The summed E-state index contributed by atoms with van der Waals surface area (Å²) in [6.45, 7) is 2.46. The number of ether oxygens (including phenoxy) is 1. The monoisotopic (exact) mass is 352 g/mol. The standard InChI is InChI=1S/C17H18Cl2N2O2/c1-11-6-7-15(23-2)14(10-11)20-9-8-16(22)21-17-12(18)4-3-5-13(17)19/h3-7,10,20H,8-9H2,1-2H3,(H,21,22). The number of rotatable bonds is 6. The van der Waals surface area contributed by atoms with Crippen LogP contribution in [0, 0.1) is 6.92 Å². The Labute approximate surface area is 145 Å². The Morgan fingerprint density at radius 2 is 1.87 bits per heavy atom. The topological polar surface area (TPSA) is 50.4 Å². The Morgan fingerprint density at radius 1 is 1.17 bits per heavy atom. The summed E-state index contributed by atoms with van der Waals surface area (Å²) in [5.41, 5.74) is 2.41. The molecule has 0 fully saturated rings. The van der Waals surface area contributed by atoms with E-state index < -0.39 is 0 Å². The van der Waals surface area contributed by atoms with Gasteiger partial charge < -0.3 is 15.4 Å². The maximum absolute atomic E-state index is 12.0. The molecular weight excluding hydrogens is 335 g/mol. The molecule has 2 aromatic carbocycles. The zero-order valence-corrected chi connectivity index (χ0v) is 14.5. The minimum Gasteiger partial charge on any atom is -0.495 e. The summed E-state index contributed by atoms with van der Waals surface area (Å²) < 4.78 is 5.29. The molecule has 0 spiro atoms. The van der Waals surface area contributed by atoms with E-state index in [-0.39, 0.29) is 12.3 Å². The van der Waals surface area contributed by atoms with Crippen molar-refractivity contribution in [3.8, 4) is 5.75 Å². The predicted molar refractivity (Wildman–Crippen MR) is 95.9 cm³/mol. The number of carbonyl (C=O) groups excluding carboxylic acids is 1. The summed E-state index contributed by atoms with van der Waals surface area (Å²) in [6, 6.07) is 10.9. The Bertz CT molecular complexity index is 685. The van der Waals surface area contributed by atoms with Crippen LogP contribution in [0.2, 0.25) is 10.0 Å². The van der Waals surface area contributed by atoms with Gasteiger partial charge in [-0.05, 0) is 36.8 Å². The van der Waals surface area contributed by atoms with E-state index in [0.29, 0.717) is 22.3 Å². The summed E-state index contributed by atoms with van der Waals surface area (Å²) in [5.74, 6) is 0.573. The number of hydrogen-bond acceptors (Lipinski definition) is 3. The first-order valence-electron chi connectivity index (χ1n) is 7.13. The molecule has 2 rings (SSSR count). The van der Waals surface area contributed by atoms with Gasteiger partial charge in [0.05, 0.1) is 28.5 Å². The van der Waals surface area contributed by atoms with Gasteiger partial charge in [0.2, 0.25) is 5.91 Å². The number of amides is 1. The van der Waals surface area contributed by atoms with E-state index in [4.69, 9.17) is 27.9 Å². The number of hydrogen-bond donors (Lipinski definition) is 2. The van der Waals surface area contributed by atoms with Crippen LogP contribution in [0.25, 0.3) is 0 Å². The first-order chi connectivity index (χ1) is 11.0. The van der Waals surface area contributed by atoms with Crippen LogP contribution in [-0.2, 0) is 4.79 Å². The van der Waals surface area contributed by atoms with Gasteiger partial charge in [0.25, 0.3) is 0 Å². The number of para-hydroxylation sites is 1. The SMILES string of the molecule is COc1ccc(C)cc1NCCC(=O)Nc1c(Cl)cccc1Cl. The lowest BCUT2D eigenvalue weighted by atomic mass is 10.2. The van der Waals surface area contributed by atoms with Crippen molar-refractivity contribution < 1.29 is 9.53 Å². The first-order valence-corrected chi connectivity index (χ1v) is 7.89. The van der Waals surface area contributed by atoms with Crippen LogP contribution in [0.4, 0.5) is 11.4 Å². The van der Waals surface area contributed by atoms with Gasteiger partial charge in [-0.2, -0.15) is 0 Å². The molecule has 6 heteroatoms. The molecule has 0 saturated carbocycles. The number of benzene rings is 2. The average molecular weight is 353 g/mol. The molecule has 1 amide bonds. The van der Waals surface area contributed by atoms with Crippen molar-refractivity contribution in [2.75, 3.05) is 24.3 Å². The third-order valence-corrected chi connectivity index (χ3v) is 3.88. The average Bonchev–Trinajstić information content (AvgIpc) is 2.51. The summed E-state index contributed by atoms with van der Waals surface area (Å²) in [5, 5.41) is 6.76. The molecule has 4 nitrogen and oxygen atoms in total. The zero-order chi connectivity index (χ0) is 16.8. The molecule has 0 bridgehead atoms. The number of halogens is 2. The number of carbonyl (C=O) groups is 1. The molecule has 0 aliphatic heterocycles. The predicted octanol–water partition coefficient (Wildman–Crippen LogP) is 4.75. The van der Waals surface area contributed by atoms with Crippen molar-refractivity contribution in [1.29, 1.82) is 0 Å². The lowest BCUT2D eigenvalue weighted by molar-refractivity contribution is -0.115. The number of anilines is 2. The molecule has 0 radical (unpaired) electrons. The third-order valence-electron chi connectivity index (χ3n) is 3.25. The molecular formula is C17H18Cl2N2O2. The second-order valence-electron chi connectivity index (χ2n) is 5.03. The Morgan fingerprint density at radius 3 is 2.52 bits per heavy atom. The summed E-state index contributed by atoms with van der Waals surface area (Å²) in [6.07, 6.45) is 0.276. The second-order valence-corrected chi connectivity index (χ2v) is 5.84. The van der Waals surface area contributed by atoms with Crippen LogP contribution in [0.5, 0.6) is 5.75 Å². The fourth-order valence-electron chi connectivity index (χ4n) is 2.09. The highest BCUT2D eigenvalue weighted by molar-refractivity contribution is 6.39. The molecule has 0 unspecified atom stereocenters. The summed E-state index contributed by atoms with van der Waals surface area (Å²) in [7, 11) is 1.61. The maximum atomic E-state index is 12.0. The highest BCUT2D eigenvalue weighted by Gasteiger charge is 2.10. The largest absolute Gasteiger partial charge is 0.495 e. The smallest absolute Gasteiger partial charge is 0.226 e. The van der Waals surface area contributed by atoms with E-state index in [0.717, 1.165) is 17.0 Å². The van der Waals surface area contributed by atoms with Gasteiger partial charge in [0, 0.05) is 13.0 Å². The van der Waals surface area contributed by atoms with Crippen LogP contribution in [0.3, 0.4) is 0 Å². The highest BCUT2D eigenvalue weighted by Crippen LogP contribution is 2.30. The van der Waals surface area contributed by atoms with E-state index in [1.54, 1.807) is 25.3 Å². The molecule has 122 valence electrons. The molecule has 23 heavy (non-hydrogen) atoms. The summed E-state index contributed by atoms with van der Waals surface area (Å²) in [4.78, 5) is 12.0. The Hall–Kier alpha value is -1.91. The zero-order valence-electron chi connectivity index (χ0n) is 13.0. The van der Waals surface area contributed by atoms with E-state index in [9.17, 15) is 4.79 Å². The van der Waals surface area contributed by atoms with Crippen LogP contribution < -0.4 is 15.4 Å². The van der Waals surface area contributed by atoms with Gasteiger partial charge in [-0.15, -0.1) is 0 Å². The van der Waals surface area contributed by atoms with Gasteiger partial charge >= 0.3 is 0 Å². The van der Waals surface area contributed by atoms with Crippen molar-refractivity contribution in [2.24, 2.45) is 0 Å². The number of nitrogens with one attached hydrogen (secondary N) is 2. The van der Waals surface area contributed by atoms with E-state index in [1.165, 1.54) is 0 Å². The third kappa shape index (κ3) is 4.78. The van der Waals surface area contributed by atoms with E-state index in [2.05, 4.69) is 10.6 Å². The van der Waals surface area contributed by atoms with Crippen LogP contribution in [-0.4, -0.2) is 19.6 Å². The minimum atomic E-state index is -0.167. The van der Waals surface area contributed by atoms with Crippen LogP contribution in [0.1, 0.15) is 12.0 Å². The van der Waals surface area contributed by atoms with E-state index in [1.807, 2.05) is 25.1 Å². The van der Waals surface area contributed by atoms with Crippen molar-refractivity contribution in [1.82, 2.24) is 0 Å². The van der Waals surface area contributed by atoms with Crippen molar-refractivity contribution in [3.05, 3.63) is 52.0 Å². The van der Waals surface area contributed by atoms with Gasteiger partial charge in [0.15, 0.2) is 0 Å². The molecule has 0 aliphatic rings. The maximum Gasteiger partial charge on any atom is 0.226 e. The van der Waals surface area contributed by atoms with E-state index >= 15 is 0 Å². The Balaban J connectivity index is 1.92. The Kier molecular flexibility index (Phi) is 6.13. The number of methoxy groups -OCH3 is 1. The molecule has 0 aromatic heterocycles. The van der Waals surface area contributed by atoms with Gasteiger partial charge in [-0.3, -0.25) is 4.79 Å². The van der Waals surface area contributed by atoms with Gasteiger partial charge in [-0.1, -0.05) is 35.3 Å². The van der Waals surface area contributed by atoms with Gasteiger partial charge in [-0.25, -0.2) is 0 Å². The van der Waals surface area contributed by atoms with Crippen LogP contribution in [0.15, 0.2) is 36.4 Å². The molecule has 0 aliphatic carbocycles. The molecule has 2 N–H and O–H groups in total. The van der Waals surface area contributed by atoms with Crippen molar-refractivity contribution in [2.45, 2.75) is 13.3 Å². The second kappa shape index (κ2) is 8.09. The lowest BCUT2D eigenvalue weighted by Gasteiger charge is -2.12. The van der Waals surface area contributed by atoms with Gasteiger partial charge in [0.1, 0.15) is 5.75 Å². The normalized spacial score (nSPS) is 10.3. The highest BCUT2D eigenvalue weighted by atomic mass is 35.5. The van der Waals surface area contributed by atoms with Crippen molar-refractivity contribution in [3.63, 3.8) is 0 Å². The minimum absolute atomic E-state index is 0.167. The molecule has 0 saturated heterocycles. The fraction of sp³-hybridized carbons (Fsp3) is 0.235. The number of aryl methyl sites for hydroxylation is 1. The molecule has 0 heterocycles. The van der Waals surface area contributed by atoms with Crippen molar-refractivity contribution >= 4 is 40.5 Å². The first kappa shape index (κ1) is 17.4. The quantitative estimate of drug-likeness (QED) is 0.788. The summed E-state index contributed by atoms with van der Waals surface area (Å²) >= 11 is 12.1.